The summed E-state index contributed by atoms with van der Waals surface area (Å²) in [5.41, 5.74) is 0.110. The van der Waals surface area contributed by atoms with Gasteiger partial charge in [-0.3, -0.25) is 9.59 Å². The van der Waals surface area contributed by atoms with E-state index >= 15 is 0 Å². The first-order valence-corrected chi connectivity index (χ1v) is 12.4. The highest BCUT2D eigenvalue weighted by molar-refractivity contribution is 6.03. The van der Waals surface area contributed by atoms with E-state index in [2.05, 4.69) is 0 Å². The number of phenolic OH excluding ortho intramolecular Hbond substituents is 5. The smallest absolute Gasteiger partial charge is 0.197 e. The number of Topliss-reactive ketones (excluding diaryl/α,β-unsaturated/α-hetero) is 1. The first-order chi connectivity index (χ1) is 19.6. The Hall–Kier alpha value is -5.64. The molecule has 0 amide bonds. The van der Waals surface area contributed by atoms with E-state index in [1.165, 1.54) is 37.4 Å². The second kappa shape index (κ2) is 9.53. The van der Waals surface area contributed by atoms with Gasteiger partial charge >= 0.3 is 0 Å². The largest absolute Gasteiger partial charge is 0.508 e. The maximum absolute atomic E-state index is 13.1. The molecule has 10 nitrogen and oxygen atoms in total. The molecule has 1 aromatic heterocycles. The first kappa shape index (κ1) is 25.6. The van der Waals surface area contributed by atoms with Crippen molar-refractivity contribution in [3.05, 3.63) is 88.1 Å². The maximum atomic E-state index is 13.1. The Kier molecular flexibility index (Phi) is 5.95. The van der Waals surface area contributed by atoms with Crippen LogP contribution in [0.25, 0.3) is 33.4 Å². The van der Waals surface area contributed by atoms with Crippen LogP contribution >= 0.6 is 0 Å². The fraction of sp³-hybridized carbons (Fsp3) is 0.0968. The van der Waals surface area contributed by atoms with E-state index in [1.807, 2.05) is 0 Å². The van der Waals surface area contributed by atoms with Crippen molar-refractivity contribution in [1.82, 2.24) is 0 Å². The number of phenols is 5. The minimum atomic E-state index is -0.872. The van der Waals surface area contributed by atoms with E-state index in [0.717, 1.165) is 12.1 Å². The molecule has 0 saturated carbocycles. The predicted octanol–water partition coefficient (Wildman–Crippen LogP) is 5.37. The van der Waals surface area contributed by atoms with Crippen LogP contribution in [-0.4, -0.2) is 38.4 Å². The number of ketones is 1. The van der Waals surface area contributed by atoms with Gasteiger partial charge in [-0.1, -0.05) is 6.07 Å². The highest BCUT2D eigenvalue weighted by Gasteiger charge is 2.32. The number of ether oxygens (including phenoxy) is 2. The lowest BCUT2D eigenvalue weighted by molar-refractivity contribution is 0.0845. The van der Waals surface area contributed by atoms with Crippen LogP contribution in [0.1, 0.15) is 28.4 Å². The molecule has 0 bridgehead atoms. The molecule has 0 spiro atoms. The van der Waals surface area contributed by atoms with E-state index < -0.39 is 34.6 Å². The molecule has 2 heterocycles. The molecule has 206 valence electrons. The van der Waals surface area contributed by atoms with Crippen LogP contribution in [0, 0.1) is 0 Å². The quantitative estimate of drug-likeness (QED) is 0.195. The summed E-state index contributed by atoms with van der Waals surface area (Å²) in [5, 5.41) is 52.1. The van der Waals surface area contributed by atoms with Crippen molar-refractivity contribution in [2.75, 3.05) is 7.11 Å². The lowest BCUT2D eigenvalue weighted by Crippen LogP contribution is -2.20. The van der Waals surface area contributed by atoms with Crippen LogP contribution in [-0.2, 0) is 0 Å². The summed E-state index contributed by atoms with van der Waals surface area (Å²) < 4.78 is 17.2. The number of methoxy groups -OCH3 is 1. The molecule has 1 aliphatic rings. The molecule has 1 aliphatic heterocycles. The van der Waals surface area contributed by atoms with Gasteiger partial charge in [0, 0.05) is 35.4 Å². The second-order valence-electron chi connectivity index (χ2n) is 9.55. The van der Waals surface area contributed by atoms with E-state index in [4.69, 9.17) is 13.9 Å². The first-order valence-electron chi connectivity index (χ1n) is 12.4. The maximum Gasteiger partial charge on any atom is 0.197 e. The third-order valence-electron chi connectivity index (χ3n) is 6.98. The number of aromatic hydroxyl groups is 5. The standard InChI is InChI=1S/C31H22O10/c1-39-17-5-2-14(3-6-17)25-13-24(38)30-22(36)11-21(35)28(31(30)41-25)18-8-15(4-7-19(18)33)26-12-23(37)29-20(34)9-16(32)10-27(29)40-26/h2-11,13,26,32-36H,12H2,1H3/t26-/m0/s1. The van der Waals surface area contributed by atoms with Gasteiger partial charge in [0.05, 0.1) is 19.1 Å². The van der Waals surface area contributed by atoms with Gasteiger partial charge in [-0.2, -0.15) is 0 Å². The van der Waals surface area contributed by atoms with Crippen molar-refractivity contribution in [2.24, 2.45) is 0 Å². The number of hydrogen-bond acceptors (Lipinski definition) is 10. The third-order valence-corrected chi connectivity index (χ3v) is 6.98. The molecule has 0 unspecified atom stereocenters. The van der Waals surface area contributed by atoms with Crippen molar-refractivity contribution in [2.45, 2.75) is 12.5 Å². The lowest BCUT2D eigenvalue weighted by Gasteiger charge is -2.26. The Balaban J connectivity index is 1.51. The predicted molar refractivity (Wildman–Crippen MR) is 147 cm³/mol. The topological polar surface area (TPSA) is 167 Å². The van der Waals surface area contributed by atoms with Crippen LogP contribution in [0.4, 0.5) is 0 Å². The molecule has 6 rings (SSSR count). The van der Waals surface area contributed by atoms with Crippen molar-refractivity contribution < 1.29 is 44.2 Å². The molecule has 10 heteroatoms. The average molecular weight is 555 g/mol. The molecule has 5 aromatic rings. The minimum absolute atomic E-state index is 0.00793. The van der Waals surface area contributed by atoms with E-state index in [-0.39, 0.29) is 57.1 Å². The van der Waals surface area contributed by atoms with Gasteiger partial charge in [-0.15, -0.1) is 0 Å². The molecular weight excluding hydrogens is 532 g/mol. The van der Waals surface area contributed by atoms with Gasteiger partial charge in [-0.05, 0) is 42.0 Å². The van der Waals surface area contributed by atoms with E-state index in [1.54, 1.807) is 24.3 Å². The zero-order valence-corrected chi connectivity index (χ0v) is 21.4. The second-order valence-corrected chi connectivity index (χ2v) is 9.55. The summed E-state index contributed by atoms with van der Waals surface area (Å²) in [6.45, 7) is 0. The minimum Gasteiger partial charge on any atom is -0.508 e. The van der Waals surface area contributed by atoms with E-state index in [0.29, 0.717) is 16.9 Å². The van der Waals surface area contributed by atoms with E-state index in [9.17, 15) is 35.1 Å². The molecule has 0 aliphatic carbocycles. The monoisotopic (exact) mass is 554 g/mol. The Morgan fingerprint density at radius 2 is 1.51 bits per heavy atom. The number of carbonyl (C=O) groups excluding carboxylic acids is 1. The normalized spacial score (nSPS) is 14.5. The van der Waals surface area contributed by atoms with Gasteiger partial charge < -0.3 is 39.4 Å². The number of fused-ring (bicyclic) bond motifs is 2. The fourth-order valence-electron chi connectivity index (χ4n) is 5.03. The number of carbonyl (C=O) groups is 1. The molecule has 1 atom stereocenters. The van der Waals surface area contributed by atoms with Crippen LogP contribution in [0.5, 0.6) is 40.2 Å². The van der Waals surface area contributed by atoms with Crippen LogP contribution < -0.4 is 14.9 Å². The molecule has 5 N–H and O–H groups in total. The SMILES string of the molecule is COc1ccc(-c2cc(=O)c3c(O)cc(O)c(-c4cc([C@@H]5CC(=O)c6c(O)cc(O)cc6O5)ccc4O)c3o2)cc1. The number of benzene rings is 4. The van der Waals surface area contributed by atoms with Crippen molar-refractivity contribution in [3.63, 3.8) is 0 Å². The molecular formula is C31H22O10. The van der Waals surface area contributed by atoms with Gasteiger partial charge in [-0.25, -0.2) is 0 Å². The van der Waals surface area contributed by atoms with Crippen molar-refractivity contribution >= 4 is 16.8 Å². The molecule has 41 heavy (non-hydrogen) atoms. The molecule has 4 aromatic carbocycles. The molecule has 0 saturated heterocycles. The van der Waals surface area contributed by atoms with Crippen LogP contribution in [0.3, 0.4) is 0 Å². The Morgan fingerprint density at radius 3 is 2.24 bits per heavy atom. The number of rotatable bonds is 4. The van der Waals surface area contributed by atoms with Crippen molar-refractivity contribution in [1.29, 1.82) is 0 Å². The highest BCUT2D eigenvalue weighted by Crippen LogP contribution is 2.47. The van der Waals surface area contributed by atoms with Gasteiger partial charge in [0.2, 0.25) is 0 Å². The summed E-state index contributed by atoms with van der Waals surface area (Å²) in [6, 6.07) is 15.5. The summed E-state index contributed by atoms with van der Waals surface area (Å²) in [5.74, 6) is -1.66. The Labute approximate surface area is 231 Å². The molecule has 0 fully saturated rings. The number of hydrogen-bond donors (Lipinski definition) is 5. The summed E-state index contributed by atoms with van der Waals surface area (Å²) >= 11 is 0. The van der Waals surface area contributed by atoms with Crippen LogP contribution in [0.2, 0.25) is 0 Å². The Bertz CT molecular complexity index is 1920. The Morgan fingerprint density at radius 1 is 0.780 bits per heavy atom. The van der Waals surface area contributed by atoms with Gasteiger partial charge in [0.1, 0.15) is 63.1 Å². The average Bonchev–Trinajstić information content (AvgIpc) is 2.93. The molecule has 0 radical (unpaired) electrons. The highest BCUT2D eigenvalue weighted by atomic mass is 16.5. The summed E-state index contributed by atoms with van der Waals surface area (Å²) in [7, 11) is 1.52. The zero-order valence-electron chi connectivity index (χ0n) is 21.4. The summed E-state index contributed by atoms with van der Waals surface area (Å²) in [4.78, 5) is 26.0. The van der Waals surface area contributed by atoms with Gasteiger partial charge in [0.25, 0.3) is 0 Å². The zero-order chi connectivity index (χ0) is 29.0. The summed E-state index contributed by atoms with van der Waals surface area (Å²) in [6.07, 6.45) is -1.03. The third kappa shape index (κ3) is 4.31. The lowest BCUT2D eigenvalue weighted by atomic mass is 9.92. The fourth-order valence-corrected chi connectivity index (χ4v) is 5.03. The van der Waals surface area contributed by atoms with Gasteiger partial charge in [0.15, 0.2) is 16.8 Å². The van der Waals surface area contributed by atoms with Crippen LogP contribution in [0.15, 0.2) is 75.9 Å². The van der Waals surface area contributed by atoms with Crippen molar-refractivity contribution in [3.8, 4) is 62.7 Å².